The highest BCUT2D eigenvalue weighted by atomic mass is 35.5. The molecule has 1 aromatic carbocycles. The molecule has 2 aliphatic rings. The van der Waals surface area contributed by atoms with E-state index in [-0.39, 0.29) is 17.8 Å². The molecular formula is C19H20ClN3O2S. The summed E-state index contributed by atoms with van der Waals surface area (Å²) >= 11 is 8.34. The molecule has 1 aromatic heterocycles. The third-order valence-electron chi connectivity index (χ3n) is 4.95. The summed E-state index contributed by atoms with van der Waals surface area (Å²) < 4.78 is 5.32. The lowest BCUT2D eigenvalue weighted by molar-refractivity contribution is 0.254. The molecule has 7 heteroatoms. The van der Waals surface area contributed by atoms with E-state index in [0.29, 0.717) is 16.8 Å². The first-order valence-corrected chi connectivity index (χ1v) is 9.96. The summed E-state index contributed by atoms with van der Waals surface area (Å²) in [6, 6.07) is 9.45. The van der Waals surface area contributed by atoms with Crippen LogP contribution < -0.4 is 4.74 Å². The van der Waals surface area contributed by atoms with Gasteiger partial charge >= 0.3 is 0 Å². The van der Waals surface area contributed by atoms with Crippen LogP contribution in [-0.4, -0.2) is 39.1 Å². The van der Waals surface area contributed by atoms with Gasteiger partial charge in [-0.3, -0.25) is 9.98 Å². The normalized spacial score (nSPS) is 24.5. The first-order chi connectivity index (χ1) is 12.6. The van der Waals surface area contributed by atoms with Crippen LogP contribution in [0.3, 0.4) is 0 Å². The second kappa shape index (κ2) is 7.00. The maximum absolute atomic E-state index is 10.1. The Morgan fingerprint density at radius 1 is 1.38 bits per heavy atom. The van der Waals surface area contributed by atoms with Gasteiger partial charge in [-0.15, -0.1) is 0 Å². The molecule has 2 aromatic rings. The van der Waals surface area contributed by atoms with Gasteiger partial charge in [0.2, 0.25) is 0 Å². The van der Waals surface area contributed by atoms with E-state index in [1.165, 1.54) is 0 Å². The zero-order chi connectivity index (χ0) is 18.3. The number of nitrogens with zero attached hydrogens (tertiary/aromatic N) is 3. The number of aromatic nitrogens is 1. The number of phenolic OH excluding ortho intramolecular Hbond substituents is 1. The van der Waals surface area contributed by atoms with Gasteiger partial charge in [0.25, 0.3) is 0 Å². The lowest BCUT2D eigenvalue weighted by atomic mass is 9.94. The highest BCUT2D eigenvalue weighted by molar-refractivity contribution is 8.14. The lowest BCUT2D eigenvalue weighted by Crippen LogP contribution is -2.35. The molecule has 0 bridgehead atoms. The average Bonchev–Trinajstić information content (AvgIpc) is 3.22. The first-order valence-electron chi connectivity index (χ1n) is 8.60. The molecule has 5 nitrogen and oxygen atoms in total. The van der Waals surface area contributed by atoms with E-state index in [2.05, 4.69) is 16.8 Å². The largest absolute Gasteiger partial charge is 0.504 e. The van der Waals surface area contributed by atoms with Crippen molar-refractivity contribution < 1.29 is 9.84 Å². The summed E-state index contributed by atoms with van der Waals surface area (Å²) in [6.45, 7) is 2.19. The summed E-state index contributed by atoms with van der Waals surface area (Å²) in [6.07, 6.45) is 2.82. The highest BCUT2D eigenvalue weighted by Crippen LogP contribution is 2.51. The number of amidine groups is 1. The number of aliphatic imine (C=N–C) groups is 1. The van der Waals surface area contributed by atoms with Crippen molar-refractivity contribution >= 4 is 28.5 Å². The van der Waals surface area contributed by atoms with Gasteiger partial charge in [-0.25, -0.2) is 0 Å². The predicted molar refractivity (Wildman–Crippen MR) is 105 cm³/mol. The maximum Gasteiger partial charge on any atom is 0.160 e. The Morgan fingerprint density at radius 2 is 2.23 bits per heavy atom. The minimum atomic E-state index is -0.139. The Hall–Kier alpha value is -1.92. The van der Waals surface area contributed by atoms with Crippen molar-refractivity contribution in [3.63, 3.8) is 0 Å². The van der Waals surface area contributed by atoms with E-state index >= 15 is 0 Å². The molecule has 1 saturated heterocycles. The molecule has 0 aliphatic carbocycles. The number of rotatable bonds is 4. The molecule has 0 unspecified atom stereocenters. The minimum absolute atomic E-state index is 0.0395. The van der Waals surface area contributed by atoms with Gasteiger partial charge in [-0.05, 0) is 30.2 Å². The zero-order valence-electron chi connectivity index (χ0n) is 14.6. The number of halogens is 1. The number of benzene rings is 1. The number of aromatic hydroxyl groups is 1. The highest BCUT2D eigenvalue weighted by Gasteiger charge is 2.46. The van der Waals surface area contributed by atoms with E-state index in [0.717, 1.165) is 28.6 Å². The first kappa shape index (κ1) is 17.5. The van der Waals surface area contributed by atoms with Gasteiger partial charge in [0.1, 0.15) is 6.04 Å². The van der Waals surface area contributed by atoms with Crippen molar-refractivity contribution in [1.82, 2.24) is 9.88 Å². The molecule has 1 fully saturated rings. The van der Waals surface area contributed by atoms with Crippen LogP contribution in [-0.2, 0) is 0 Å². The molecule has 2 aliphatic heterocycles. The maximum atomic E-state index is 10.1. The van der Waals surface area contributed by atoms with E-state index in [9.17, 15) is 5.11 Å². The van der Waals surface area contributed by atoms with Crippen LogP contribution in [0.2, 0.25) is 5.02 Å². The Labute approximate surface area is 162 Å². The van der Waals surface area contributed by atoms with Crippen molar-refractivity contribution in [3.8, 4) is 11.5 Å². The Bertz CT molecular complexity index is 846. The molecule has 4 rings (SSSR count). The third-order valence-corrected chi connectivity index (χ3v) is 6.40. The van der Waals surface area contributed by atoms with Gasteiger partial charge in [0, 0.05) is 29.1 Å². The number of fused-ring (bicyclic) bond motifs is 1. The summed E-state index contributed by atoms with van der Waals surface area (Å²) in [5.41, 5.74) is 1.81. The summed E-state index contributed by atoms with van der Waals surface area (Å²) in [5, 5.41) is 11.6. The summed E-state index contributed by atoms with van der Waals surface area (Å²) in [7, 11) is 1.54. The fourth-order valence-electron chi connectivity index (χ4n) is 3.64. The van der Waals surface area contributed by atoms with E-state index in [1.807, 2.05) is 24.3 Å². The number of thioether (sulfide) groups is 1. The molecule has 3 atom stereocenters. The molecule has 0 spiro atoms. The van der Waals surface area contributed by atoms with Crippen LogP contribution in [0.5, 0.6) is 11.5 Å². The smallest absolute Gasteiger partial charge is 0.160 e. The third kappa shape index (κ3) is 2.81. The molecule has 136 valence electrons. The molecular weight excluding hydrogens is 370 g/mol. The average molecular weight is 390 g/mol. The van der Waals surface area contributed by atoms with E-state index < -0.39 is 0 Å². The van der Waals surface area contributed by atoms with Crippen molar-refractivity contribution in [3.05, 3.63) is 52.8 Å². The zero-order valence-corrected chi connectivity index (χ0v) is 16.2. The van der Waals surface area contributed by atoms with Crippen LogP contribution in [0.25, 0.3) is 0 Å². The SMILES string of the molecule is CC[C@@H]1CSC2=N[C@@H](c3ccccn3)[C@H](c3cc(OC)c(O)cc3Cl)N21. The molecule has 0 amide bonds. The van der Waals surface area contributed by atoms with Crippen LogP contribution >= 0.6 is 23.4 Å². The van der Waals surface area contributed by atoms with Gasteiger partial charge in [-0.2, -0.15) is 0 Å². The predicted octanol–water partition coefficient (Wildman–Crippen LogP) is 4.43. The number of hydrogen-bond acceptors (Lipinski definition) is 6. The van der Waals surface area contributed by atoms with Crippen LogP contribution in [0.15, 0.2) is 41.5 Å². The topological polar surface area (TPSA) is 58.0 Å². The van der Waals surface area contributed by atoms with Gasteiger partial charge in [-0.1, -0.05) is 36.4 Å². The lowest BCUT2D eigenvalue weighted by Gasteiger charge is -2.32. The van der Waals surface area contributed by atoms with Crippen molar-refractivity contribution in [2.75, 3.05) is 12.9 Å². The van der Waals surface area contributed by atoms with Gasteiger partial charge in [0.15, 0.2) is 16.7 Å². The van der Waals surface area contributed by atoms with Crippen molar-refractivity contribution in [2.45, 2.75) is 31.5 Å². The fraction of sp³-hybridized carbons (Fsp3) is 0.368. The number of ether oxygens (including phenoxy) is 1. The van der Waals surface area contributed by atoms with Crippen molar-refractivity contribution in [1.29, 1.82) is 0 Å². The van der Waals surface area contributed by atoms with Crippen molar-refractivity contribution in [2.24, 2.45) is 4.99 Å². The Kier molecular flexibility index (Phi) is 4.71. The van der Waals surface area contributed by atoms with Gasteiger partial charge in [0.05, 0.1) is 18.8 Å². The minimum Gasteiger partial charge on any atom is -0.504 e. The van der Waals surface area contributed by atoms with Crippen LogP contribution in [0, 0.1) is 0 Å². The number of methoxy groups -OCH3 is 1. The number of hydrogen-bond donors (Lipinski definition) is 1. The molecule has 0 radical (unpaired) electrons. The molecule has 1 N–H and O–H groups in total. The Morgan fingerprint density at radius 3 is 2.92 bits per heavy atom. The summed E-state index contributed by atoms with van der Waals surface area (Å²) in [4.78, 5) is 11.9. The molecule has 26 heavy (non-hydrogen) atoms. The van der Waals surface area contributed by atoms with E-state index in [4.69, 9.17) is 21.3 Å². The monoisotopic (exact) mass is 389 g/mol. The summed E-state index contributed by atoms with van der Waals surface area (Å²) in [5.74, 6) is 1.48. The quantitative estimate of drug-likeness (QED) is 0.838. The Balaban J connectivity index is 1.85. The second-order valence-corrected chi connectivity index (χ2v) is 7.78. The number of phenols is 1. The fourth-order valence-corrected chi connectivity index (χ4v) is 5.24. The number of pyridine rings is 1. The molecule has 0 saturated carbocycles. The van der Waals surface area contributed by atoms with Crippen LogP contribution in [0.4, 0.5) is 0 Å². The van der Waals surface area contributed by atoms with Crippen LogP contribution in [0.1, 0.15) is 36.7 Å². The molecule has 3 heterocycles. The van der Waals surface area contributed by atoms with E-state index in [1.54, 1.807) is 31.1 Å². The van der Waals surface area contributed by atoms with Gasteiger partial charge < -0.3 is 14.7 Å². The second-order valence-electron chi connectivity index (χ2n) is 6.38. The standard InChI is InChI=1S/C19H20ClN3O2S/c1-3-11-10-26-19-22-17(14-6-4-5-7-21-14)18(23(11)19)12-8-16(25-2)15(24)9-13(12)20/h4-9,11,17-18,24H,3,10H2,1-2H3/t11-,17+,18+/m1/s1.